The summed E-state index contributed by atoms with van der Waals surface area (Å²) in [6, 6.07) is 0.438. The van der Waals surface area contributed by atoms with E-state index < -0.39 is 0 Å². The molecule has 1 N–H and O–H groups in total. The largest absolute Gasteiger partial charge is 0.363 e. The van der Waals surface area contributed by atoms with Crippen molar-refractivity contribution in [3.05, 3.63) is 22.7 Å². The Morgan fingerprint density at radius 1 is 1.57 bits per heavy atom. The number of nitrogens with one attached hydrogen (secondary N) is 1. The van der Waals surface area contributed by atoms with Gasteiger partial charge in [0.15, 0.2) is 5.82 Å². The molecule has 0 unspecified atom stereocenters. The smallest absolute Gasteiger partial charge is 0.293 e. The van der Waals surface area contributed by atoms with E-state index in [1.54, 1.807) is 19.4 Å². The summed E-state index contributed by atoms with van der Waals surface area (Å²) >= 11 is 0. The van der Waals surface area contributed by atoms with Crippen molar-refractivity contribution in [3.8, 4) is 0 Å². The number of anilines is 1. The highest BCUT2D eigenvalue weighted by Gasteiger charge is 2.25. The summed E-state index contributed by atoms with van der Waals surface area (Å²) in [7, 11) is 1.73. The fourth-order valence-corrected chi connectivity index (χ4v) is 1.81. The van der Waals surface area contributed by atoms with Crippen LogP contribution in [-0.4, -0.2) is 15.6 Å². The zero-order chi connectivity index (χ0) is 10.1. The molecule has 1 aliphatic carbocycles. The highest BCUT2D eigenvalue weighted by Crippen LogP contribution is 2.28. The Balaban J connectivity index is 2.10. The van der Waals surface area contributed by atoms with Crippen LogP contribution in [0.5, 0.6) is 0 Å². The molecule has 1 heterocycles. The molecule has 0 spiro atoms. The number of rotatable bonds is 2. The molecule has 0 radical (unpaired) electrons. The molecule has 4 heteroatoms. The molecular weight excluding hydrogens is 178 g/mol. The SMILES string of the molecule is CC1CC(Nc2nccn(C)c2=O)C1. The van der Waals surface area contributed by atoms with E-state index in [0.29, 0.717) is 11.9 Å². The van der Waals surface area contributed by atoms with Crippen molar-refractivity contribution in [2.75, 3.05) is 5.32 Å². The number of hydrogen-bond donors (Lipinski definition) is 1. The second-order valence-electron chi connectivity index (χ2n) is 4.11. The summed E-state index contributed by atoms with van der Waals surface area (Å²) in [5.74, 6) is 1.26. The third-order valence-electron chi connectivity index (χ3n) is 2.73. The molecule has 1 fully saturated rings. The second-order valence-corrected chi connectivity index (χ2v) is 4.11. The predicted octanol–water partition coefficient (Wildman–Crippen LogP) is 0.991. The topological polar surface area (TPSA) is 46.9 Å². The van der Waals surface area contributed by atoms with Crippen LogP contribution < -0.4 is 10.9 Å². The van der Waals surface area contributed by atoms with Gasteiger partial charge in [0.05, 0.1) is 0 Å². The first-order valence-electron chi connectivity index (χ1n) is 4.95. The Labute approximate surface area is 83.0 Å². The zero-order valence-corrected chi connectivity index (χ0v) is 8.53. The van der Waals surface area contributed by atoms with Gasteiger partial charge in [-0.05, 0) is 18.8 Å². The number of hydrogen-bond acceptors (Lipinski definition) is 3. The van der Waals surface area contributed by atoms with Crippen LogP contribution in [0.4, 0.5) is 5.82 Å². The Morgan fingerprint density at radius 3 is 2.93 bits per heavy atom. The van der Waals surface area contributed by atoms with Crippen LogP contribution in [0.25, 0.3) is 0 Å². The number of nitrogens with zero attached hydrogens (tertiary/aromatic N) is 2. The van der Waals surface area contributed by atoms with E-state index in [0.717, 1.165) is 18.8 Å². The fourth-order valence-electron chi connectivity index (χ4n) is 1.81. The Morgan fingerprint density at radius 2 is 2.29 bits per heavy atom. The number of aryl methyl sites for hydroxylation is 1. The highest BCUT2D eigenvalue weighted by atomic mass is 16.1. The van der Waals surface area contributed by atoms with Crippen molar-refractivity contribution < 1.29 is 0 Å². The molecule has 1 saturated carbocycles. The first-order valence-corrected chi connectivity index (χ1v) is 4.95. The van der Waals surface area contributed by atoms with Crippen molar-refractivity contribution in [2.24, 2.45) is 13.0 Å². The van der Waals surface area contributed by atoms with Gasteiger partial charge in [-0.3, -0.25) is 4.79 Å². The third-order valence-corrected chi connectivity index (χ3v) is 2.73. The van der Waals surface area contributed by atoms with Gasteiger partial charge in [0.25, 0.3) is 5.56 Å². The van der Waals surface area contributed by atoms with Crippen LogP contribution in [-0.2, 0) is 7.05 Å². The molecule has 1 aromatic rings. The Bertz CT molecular complexity index is 379. The van der Waals surface area contributed by atoms with Crippen molar-refractivity contribution >= 4 is 5.82 Å². The minimum absolute atomic E-state index is 0.0490. The normalized spacial score (nSPS) is 25.6. The van der Waals surface area contributed by atoms with Crippen molar-refractivity contribution in [3.63, 3.8) is 0 Å². The van der Waals surface area contributed by atoms with Gasteiger partial charge in [0.1, 0.15) is 0 Å². The highest BCUT2D eigenvalue weighted by molar-refractivity contribution is 5.33. The average Bonchev–Trinajstić information content (AvgIpc) is 2.10. The van der Waals surface area contributed by atoms with Crippen LogP contribution in [0.3, 0.4) is 0 Å². The average molecular weight is 193 g/mol. The molecule has 0 aromatic carbocycles. The van der Waals surface area contributed by atoms with Gasteiger partial charge in [0, 0.05) is 25.5 Å². The van der Waals surface area contributed by atoms with Gasteiger partial charge in [-0.15, -0.1) is 0 Å². The van der Waals surface area contributed by atoms with E-state index in [1.807, 2.05) is 0 Å². The van der Waals surface area contributed by atoms with E-state index >= 15 is 0 Å². The zero-order valence-electron chi connectivity index (χ0n) is 8.53. The van der Waals surface area contributed by atoms with E-state index in [2.05, 4.69) is 17.2 Å². The summed E-state index contributed by atoms with van der Waals surface area (Å²) in [6.45, 7) is 2.22. The van der Waals surface area contributed by atoms with Crippen LogP contribution in [0.15, 0.2) is 17.2 Å². The van der Waals surface area contributed by atoms with Crippen LogP contribution in [0.1, 0.15) is 19.8 Å². The molecule has 0 atom stereocenters. The summed E-state index contributed by atoms with van der Waals surface area (Å²) in [5, 5.41) is 3.17. The van der Waals surface area contributed by atoms with Gasteiger partial charge < -0.3 is 9.88 Å². The van der Waals surface area contributed by atoms with Gasteiger partial charge in [-0.1, -0.05) is 6.92 Å². The van der Waals surface area contributed by atoms with Crippen molar-refractivity contribution in [2.45, 2.75) is 25.8 Å². The molecule has 14 heavy (non-hydrogen) atoms. The summed E-state index contributed by atoms with van der Waals surface area (Å²) in [5.41, 5.74) is -0.0490. The number of aromatic nitrogens is 2. The molecule has 0 bridgehead atoms. The minimum Gasteiger partial charge on any atom is -0.363 e. The van der Waals surface area contributed by atoms with Crippen molar-refractivity contribution in [1.82, 2.24) is 9.55 Å². The molecule has 1 aromatic heterocycles. The van der Waals surface area contributed by atoms with E-state index in [4.69, 9.17) is 0 Å². The Hall–Kier alpha value is -1.32. The van der Waals surface area contributed by atoms with Gasteiger partial charge in [-0.2, -0.15) is 0 Å². The van der Waals surface area contributed by atoms with Gasteiger partial charge in [0.2, 0.25) is 0 Å². The fraction of sp³-hybridized carbons (Fsp3) is 0.600. The first-order chi connectivity index (χ1) is 6.66. The lowest BCUT2D eigenvalue weighted by Crippen LogP contribution is -2.36. The molecule has 0 amide bonds. The Kier molecular flexibility index (Phi) is 2.27. The third kappa shape index (κ3) is 1.64. The van der Waals surface area contributed by atoms with E-state index in [9.17, 15) is 4.79 Å². The van der Waals surface area contributed by atoms with Crippen molar-refractivity contribution in [1.29, 1.82) is 0 Å². The maximum absolute atomic E-state index is 11.6. The van der Waals surface area contributed by atoms with Gasteiger partial charge in [-0.25, -0.2) is 4.98 Å². The molecule has 76 valence electrons. The lowest BCUT2D eigenvalue weighted by molar-refractivity contribution is 0.308. The van der Waals surface area contributed by atoms with E-state index in [-0.39, 0.29) is 5.56 Å². The molecule has 1 aliphatic rings. The predicted molar refractivity (Wildman–Crippen MR) is 55.3 cm³/mol. The summed E-state index contributed by atoms with van der Waals surface area (Å²) < 4.78 is 1.54. The van der Waals surface area contributed by atoms with E-state index in [1.165, 1.54) is 4.57 Å². The monoisotopic (exact) mass is 193 g/mol. The summed E-state index contributed by atoms with van der Waals surface area (Å²) in [4.78, 5) is 15.6. The second kappa shape index (κ2) is 3.44. The van der Waals surface area contributed by atoms with Gasteiger partial charge >= 0.3 is 0 Å². The molecular formula is C10H15N3O. The maximum Gasteiger partial charge on any atom is 0.293 e. The maximum atomic E-state index is 11.6. The lowest BCUT2D eigenvalue weighted by atomic mass is 9.82. The quantitative estimate of drug-likeness (QED) is 0.762. The lowest BCUT2D eigenvalue weighted by Gasteiger charge is -2.33. The molecule has 0 aliphatic heterocycles. The minimum atomic E-state index is -0.0490. The molecule has 0 saturated heterocycles. The first kappa shape index (κ1) is 9.24. The van der Waals surface area contributed by atoms with Crippen LogP contribution >= 0.6 is 0 Å². The standard InChI is InChI=1S/C10H15N3O/c1-7-5-8(6-7)12-9-10(14)13(2)4-3-11-9/h3-4,7-8H,5-6H2,1-2H3,(H,11,12). The molecule has 2 rings (SSSR count). The summed E-state index contributed by atoms with van der Waals surface area (Å²) in [6.07, 6.45) is 5.59. The van der Waals surface area contributed by atoms with Crippen LogP contribution in [0, 0.1) is 5.92 Å². The van der Waals surface area contributed by atoms with Crippen LogP contribution in [0.2, 0.25) is 0 Å². The molecule has 4 nitrogen and oxygen atoms in total.